The summed E-state index contributed by atoms with van der Waals surface area (Å²) in [6.07, 6.45) is 5.06. The van der Waals surface area contributed by atoms with E-state index in [4.69, 9.17) is 10.5 Å². The molecule has 1 aliphatic heterocycles. The van der Waals surface area contributed by atoms with E-state index in [9.17, 15) is 0 Å². The molecule has 2 N–H and O–H groups in total. The lowest BCUT2D eigenvalue weighted by molar-refractivity contribution is 0.153. The number of nitrogen functional groups attached to an aromatic ring is 1. The third-order valence-electron chi connectivity index (χ3n) is 3.91. The number of rotatable bonds is 4. The van der Waals surface area contributed by atoms with Crippen molar-refractivity contribution in [1.29, 1.82) is 0 Å². The van der Waals surface area contributed by atoms with Crippen molar-refractivity contribution < 1.29 is 4.74 Å². The maximum absolute atomic E-state index is 5.99. The van der Waals surface area contributed by atoms with Gasteiger partial charge in [-0.3, -0.25) is 0 Å². The van der Waals surface area contributed by atoms with Crippen LogP contribution in [0.2, 0.25) is 0 Å². The second kappa shape index (κ2) is 6.10. The molecule has 0 radical (unpaired) electrons. The minimum absolute atomic E-state index is 0.671. The van der Waals surface area contributed by atoms with Gasteiger partial charge in [-0.25, -0.2) is 0 Å². The largest absolute Gasteiger partial charge is 0.491 e. The van der Waals surface area contributed by atoms with Gasteiger partial charge in [0.05, 0.1) is 12.3 Å². The highest BCUT2D eigenvalue weighted by Gasteiger charge is 2.18. The summed E-state index contributed by atoms with van der Waals surface area (Å²) in [5.74, 6) is 0.827. The Morgan fingerprint density at radius 2 is 2.22 bits per heavy atom. The molecule has 3 heteroatoms. The zero-order chi connectivity index (χ0) is 13.0. The fourth-order valence-corrected chi connectivity index (χ4v) is 2.59. The first-order valence-corrected chi connectivity index (χ1v) is 6.86. The second-order valence-corrected chi connectivity index (χ2v) is 5.25. The maximum Gasteiger partial charge on any atom is 0.142 e. The average molecular weight is 248 g/mol. The molecule has 1 unspecified atom stereocenters. The van der Waals surface area contributed by atoms with Crippen LogP contribution in [0, 0.1) is 6.92 Å². The summed E-state index contributed by atoms with van der Waals surface area (Å²) in [5, 5.41) is 0. The number of nitrogens with zero attached hydrogens (tertiary/aromatic N) is 1. The molecule has 1 aromatic rings. The summed E-state index contributed by atoms with van der Waals surface area (Å²) in [5.41, 5.74) is 7.85. The lowest BCUT2D eigenvalue weighted by Gasteiger charge is -2.32. The molecule has 100 valence electrons. The normalized spacial score (nSPS) is 20.9. The first-order valence-electron chi connectivity index (χ1n) is 6.86. The van der Waals surface area contributed by atoms with E-state index in [1.165, 1.54) is 25.8 Å². The molecule has 0 aromatic heterocycles. The Hall–Kier alpha value is -1.22. The van der Waals surface area contributed by atoms with Crippen LogP contribution >= 0.6 is 0 Å². The van der Waals surface area contributed by atoms with Crippen molar-refractivity contribution >= 4 is 5.69 Å². The maximum atomic E-state index is 5.99. The van der Waals surface area contributed by atoms with Gasteiger partial charge < -0.3 is 15.4 Å². The van der Waals surface area contributed by atoms with Crippen LogP contribution in [0.25, 0.3) is 0 Å². The van der Waals surface area contributed by atoms with Crippen molar-refractivity contribution in [2.45, 2.75) is 38.6 Å². The Morgan fingerprint density at radius 1 is 1.39 bits per heavy atom. The van der Waals surface area contributed by atoms with Gasteiger partial charge in [-0.15, -0.1) is 0 Å². The number of aryl methyl sites for hydroxylation is 1. The van der Waals surface area contributed by atoms with Crippen molar-refractivity contribution in [3.63, 3.8) is 0 Å². The zero-order valence-electron chi connectivity index (χ0n) is 11.5. The van der Waals surface area contributed by atoms with E-state index >= 15 is 0 Å². The van der Waals surface area contributed by atoms with Crippen LogP contribution in [-0.4, -0.2) is 31.1 Å². The Balaban J connectivity index is 1.83. The number of benzene rings is 1. The molecule has 0 amide bonds. The molecule has 1 atom stereocenters. The first kappa shape index (κ1) is 13.2. The Labute approximate surface area is 110 Å². The molecule has 1 saturated heterocycles. The Morgan fingerprint density at radius 3 is 3.00 bits per heavy atom. The molecule has 0 bridgehead atoms. The molecule has 2 rings (SSSR count). The number of ether oxygens (including phenoxy) is 1. The van der Waals surface area contributed by atoms with Crippen LogP contribution in [-0.2, 0) is 0 Å². The van der Waals surface area contributed by atoms with Crippen molar-refractivity contribution in [1.82, 2.24) is 4.90 Å². The molecule has 1 aromatic carbocycles. The quantitative estimate of drug-likeness (QED) is 0.833. The highest BCUT2D eigenvalue weighted by atomic mass is 16.5. The molecule has 1 heterocycles. The summed E-state index contributed by atoms with van der Waals surface area (Å²) in [4.78, 5) is 2.45. The third-order valence-corrected chi connectivity index (χ3v) is 3.91. The van der Waals surface area contributed by atoms with Crippen LogP contribution in [0.5, 0.6) is 5.75 Å². The highest BCUT2D eigenvalue weighted by molar-refractivity contribution is 5.57. The van der Waals surface area contributed by atoms with Gasteiger partial charge in [-0.1, -0.05) is 18.6 Å². The van der Waals surface area contributed by atoms with E-state index in [1.54, 1.807) is 0 Å². The smallest absolute Gasteiger partial charge is 0.142 e. The van der Waals surface area contributed by atoms with Crippen molar-refractivity contribution in [3.8, 4) is 5.75 Å². The zero-order valence-corrected chi connectivity index (χ0v) is 11.5. The SMILES string of the molecule is Cc1cccc(OCCC2CCCCN2C)c1N. The van der Waals surface area contributed by atoms with E-state index < -0.39 is 0 Å². The van der Waals surface area contributed by atoms with E-state index in [-0.39, 0.29) is 0 Å². The highest BCUT2D eigenvalue weighted by Crippen LogP contribution is 2.25. The first-order chi connectivity index (χ1) is 8.68. The van der Waals surface area contributed by atoms with E-state index in [2.05, 4.69) is 11.9 Å². The third kappa shape index (κ3) is 3.16. The molecular formula is C15H24N2O. The van der Waals surface area contributed by atoms with Crippen molar-refractivity contribution in [2.75, 3.05) is 25.9 Å². The Kier molecular flexibility index (Phi) is 4.48. The number of piperidine rings is 1. The molecule has 0 spiro atoms. The molecule has 3 nitrogen and oxygen atoms in total. The number of hydrogen-bond acceptors (Lipinski definition) is 3. The van der Waals surface area contributed by atoms with Gasteiger partial charge in [0.1, 0.15) is 5.75 Å². The van der Waals surface area contributed by atoms with Crippen molar-refractivity contribution in [3.05, 3.63) is 23.8 Å². The summed E-state index contributed by atoms with van der Waals surface area (Å²) in [6, 6.07) is 6.63. The molecule has 0 aliphatic carbocycles. The fourth-order valence-electron chi connectivity index (χ4n) is 2.59. The van der Waals surface area contributed by atoms with Gasteiger partial charge >= 0.3 is 0 Å². The predicted octanol–water partition coefficient (Wildman–Crippen LogP) is 2.83. The average Bonchev–Trinajstić information content (AvgIpc) is 2.37. The summed E-state index contributed by atoms with van der Waals surface area (Å²) in [7, 11) is 2.21. The van der Waals surface area contributed by atoms with E-state index in [1.807, 2.05) is 25.1 Å². The molecule has 18 heavy (non-hydrogen) atoms. The minimum Gasteiger partial charge on any atom is -0.491 e. The second-order valence-electron chi connectivity index (χ2n) is 5.25. The van der Waals surface area contributed by atoms with Gasteiger partial charge in [-0.05, 0) is 51.4 Å². The number of hydrogen-bond donors (Lipinski definition) is 1. The monoisotopic (exact) mass is 248 g/mol. The molecular weight excluding hydrogens is 224 g/mol. The van der Waals surface area contributed by atoms with Gasteiger partial charge in [0.25, 0.3) is 0 Å². The van der Waals surface area contributed by atoms with Crippen LogP contribution in [0.4, 0.5) is 5.69 Å². The molecule has 0 saturated carbocycles. The van der Waals surface area contributed by atoms with Gasteiger partial charge in [0.15, 0.2) is 0 Å². The number of likely N-dealkylation sites (tertiary alicyclic amines) is 1. The molecule has 1 aliphatic rings. The topological polar surface area (TPSA) is 38.5 Å². The lowest BCUT2D eigenvalue weighted by atomic mass is 10.0. The van der Waals surface area contributed by atoms with E-state index in [0.29, 0.717) is 6.04 Å². The number of anilines is 1. The molecule has 1 fully saturated rings. The summed E-state index contributed by atoms with van der Waals surface area (Å²) in [6.45, 7) is 3.98. The predicted molar refractivity (Wildman–Crippen MR) is 76.0 cm³/mol. The van der Waals surface area contributed by atoms with Gasteiger partial charge in [-0.2, -0.15) is 0 Å². The minimum atomic E-state index is 0.671. The van der Waals surface area contributed by atoms with Crippen LogP contribution in [0.15, 0.2) is 18.2 Å². The van der Waals surface area contributed by atoms with Crippen LogP contribution < -0.4 is 10.5 Å². The summed E-state index contributed by atoms with van der Waals surface area (Å²) >= 11 is 0. The van der Waals surface area contributed by atoms with Gasteiger partial charge in [0.2, 0.25) is 0 Å². The fraction of sp³-hybridized carbons (Fsp3) is 0.600. The standard InChI is InChI=1S/C15H24N2O/c1-12-6-5-8-14(15(12)16)18-11-9-13-7-3-4-10-17(13)2/h5-6,8,13H,3-4,7,9-11,16H2,1-2H3. The lowest BCUT2D eigenvalue weighted by Crippen LogP contribution is -2.37. The number of para-hydroxylation sites is 1. The van der Waals surface area contributed by atoms with Crippen LogP contribution in [0.1, 0.15) is 31.2 Å². The number of nitrogens with two attached hydrogens (primary N) is 1. The van der Waals surface area contributed by atoms with E-state index in [0.717, 1.165) is 30.0 Å². The van der Waals surface area contributed by atoms with Crippen molar-refractivity contribution in [2.24, 2.45) is 0 Å². The summed E-state index contributed by atoms with van der Waals surface area (Å²) < 4.78 is 5.82. The van der Waals surface area contributed by atoms with Crippen LogP contribution in [0.3, 0.4) is 0 Å². The Bertz CT molecular complexity index is 392. The van der Waals surface area contributed by atoms with Gasteiger partial charge in [0, 0.05) is 6.04 Å².